The number of carbonyl (C=O) groups is 2. The van der Waals surface area contributed by atoms with Gasteiger partial charge in [-0.1, -0.05) is 0 Å². The van der Waals surface area contributed by atoms with Crippen LogP contribution in [0.15, 0.2) is 12.1 Å². The van der Waals surface area contributed by atoms with Crippen molar-refractivity contribution in [2.24, 2.45) is 0 Å². The lowest BCUT2D eigenvalue weighted by molar-refractivity contribution is 0.00636. The molecule has 2 N–H and O–H groups in total. The summed E-state index contributed by atoms with van der Waals surface area (Å²) in [6, 6.07) is 2.32. The van der Waals surface area contributed by atoms with Gasteiger partial charge in [0.15, 0.2) is 0 Å². The van der Waals surface area contributed by atoms with Crippen LogP contribution in [0, 0.1) is 0 Å². The van der Waals surface area contributed by atoms with Gasteiger partial charge in [0.2, 0.25) is 0 Å². The number of phenolic OH excluding ortho intramolecular Hbond substituents is 2. The fourth-order valence-corrected chi connectivity index (χ4v) is 1.61. The topological polar surface area (TPSA) is 93.1 Å². The van der Waals surface area contributed by atoms with Crippen LogP contribution in [0.2, 0.25) is 0 Å². The highest BCUT2D eigenvalue weighted by molar-refractivity contribution is 6.02. The van der Waals surface area contributed by atoms with Crippen LogP contribution in [0.3, 0.4) is 0 Å². The van der Waals surface area contributed by atoms with Gasteiger partial charge in [-0.3, -0.25) is 0 Å². The maximum absolute atomic E-state index is 12.1. The summed E-state index contributed by atoms with van der Waals surface area (Å²) in [5, 5.41) is 19.9. The Kier molecular flexibility index (Phi) is 4.75. The van der Waals surface area contributed by atoms with E-state index in [-0.39, 0.29) is 5.56 Å². The average molecular weight is 310 g/mol. The molecule has 0 unspecified atom stereocenters. The van der Waals surface area contributed by atoms with Crippen LogP contribution in [0.5, 0.6) is 11.5 Å². The molecule has 0 amide bonds. The van der Waals surface area contributed by atoms with Gasteiger partial charge in [0, 0.05) is 0 Å². The molecule has 1 aromatic carbocycles. The summed E-state index contributed by atoms with van der Waals surface area (Å²) in [6.07, 6.45) is 0. The van der Waals surface area contributed by atoms with Gasteiger partial charge >= 0.3 is 11.9 Å². The van der Waals surface area contributed by atoms with Gasteiger partial charge in [-0.05, 0) is 53.7 Å². The summed E-state index contributed by atoms with van der Waals surface area (Å²) in [6.45, 7) is 9.98. The summed E-state index contributed by atoms with van der Waals surface area (Å²) in [5.74, 6) is -2.86. The number of benzene rings is 1. The third-order valence-corrected chi connectivity index (χ3v) is 2.38. The predicted molar refractivity (Wildman–Crippen MR) is 80.1 cm³/mol. The number of esters is 2. The standard InChI is InChI=1S/C16H22O6/c1-15(2,3)21-13(19)9-7-8-10(17)11(12(9)18)14(20)22-16(4,5)6/h7-8,17-18H,1-6H3. The second kappa shape index (κ2) is 5.87. The van der Waals surface area contributed by atoms with Crippen molar-refractivity contribution in [3.63, 3.8) is 0 Å². The predicted octanol–water partition coefficient (Wildman–Crippen LogP) is 3.01. The Morgan fingerprint density at radius 3 is 1.77 bits per heavy atom. The van der Waals surface area contributed by atoms with Crippen LogP contribution in [0.25, 0.3) is 0 Å². The first-order valence-corrected chi connectivity index (χ1v) is 6.83. The zero-order valence-electron chi connectivity index (χ0n) is 13.7. The zero-order valence-corrected chi connectivity index (χ0v) is 13.7. The van der Waals surface area contributed by atoms with Gasteiger partial charge in [-0.15, -0.1) is 0 Å². The maximum Gasteiger partial charge on any atom is 0.346 e. The Hall–Kier alpha value is -2.24. The molecule has 0 aliphatic carbocycles. The molecule has 0 heterocycles. The summed E-state index contributed by atoms with van der Waals surface area (Å²) in [5.41, 5.74) is -2.24. The molecule has 0 saturated heterocycles. The van der Waals surface area contributed by atoms with Gasteiger partial charge < -0.3 is 19.7 Å². The first-order chi connectivity index (χ1) is 9.82. The first-order valence-electron chi connectivity index (χ1n) is 6.83. The molecule has 122 valence electrons. The van der Waals surface area contributed by atoms with Crippen molar-refractivity contribution >= 4 is 11.9 Å². The largest absolute Gasteiger partial charge is 0.507 e. The van der Waals surface area contributed by atoms with E-state index in [2.05, 4.69) is 0 Å². The van der Waals surface area contributed by atoms with Gasteiger partial charge in [-0.2, -0.15) is 0 Å². The molecule has 1 rings (SSSR count). The number of aromatic hydroxyl groups is 2. The zero-order chi connectivity index (χ0) is 17.3. The molecular weight excluding hydrogens is 288 g/mol. The molecule has 0 spiro atoms. The number of carbonyl (C=O) groups excluding carboxylic acids is 2. The van der Waals surface area contributed by atoms with Crippen LogP contribution >= 0.6 is 0 Å². The lowest BCUT2D eigenvalue weighted by Crippen LogP contribution is -2.25. The summed E-state index contributed by atoms with van der Waals surface area (Å²) >= 11 is 0. The van der Waals surface area contributed by atoms with Crippen molar-refractivity contribution in [2.75, 3.05) is 0 Å². The fraction of sp³-hybridized carbons (Fsp3) is 0.500. The van der Waals surface area contributed by atoms with Crippen molar-refractivity contribution in [3.8, 4) is 11.5 Å². The average Bonchev–Trinajstić information content (AvgIpc) is 2.23. The second-order valence-electron chi connectivity index (χ2n) is 6.86. The van der Waals surface area contributed by atoms with Crippen LogP contribution in [-0.4, -0.2) is 33.4 Å². The van der Waals surface area contributed by atoms with E-state index in [1.54, 1.807) is 41.5 Å². The SMILES string of the molecule is CC(C)(C)OC(=O)c1ccc(O)c(C(=O)OC(C)(C)C)c1O. The molecule has 1 aromatic rings. The van der Waals surface area contributed by atoms with E-state index in [1.807, 2.05) is 0 Å². The van der Waals surface area contributed by atoms with E-state index < -0.39 is 40.2 Å². The number of hydrogen-bond donors (Lipinski definition) is 2. The van der Waals surface area contributed by atoms with Gasteiger partial charge in [0.25, 0.3) is 0 Å². The van der Waals surface area contributed by atoms with E-state index in [0.29, 0.717) is 0 Å². The highest BCUT2D eigenvalue weighted by Gasteiger charge is 2.29. The second-order valence-corrected chi connectivity index (χ2v) is 6.86. The van der Waals surface area contributed by atoms with Crippen molar-refractivity contribution in [1.29, 1.82) is 0 Å². The molecule has 0 saturated carbocycles. The van der Waals surface area contributed by atoms with Gasteiger partial charge in [0.1, 0.15) is 33.8 Å². The molecule has 0 atom stereocenters. The Morgan fingerprint density at radius 2 is 1.32 bits per heavy atom. The van der Waals surface area contributed by atoms with Crippen molar-refractivity contribution in [2.45, 2.75) is 52.7 Å². The van der Waals surface area contributed by atoms with Crippen LogP contribution in [0.4, 0.5) is 0 Å². The summed E-state index contributed by atoms with van der Waals surface area (Å²) in [7, 11) is 0. The minimum Gasteiger partial charge on any atom is -0.507 e. The van der Waals surface area contributed by atoms with Crippen molar-refractivity contribution in [1.82, 2.24) is 0 Å². The number of ether oxygens (including phenoxy) is 2. The van der Waals surface area contributed by atoms with E-state index >= 15 is 0 Å². The van der Waals surface area contributed by atoms with Crippen molar-refractivity contribution in [3.05, 3.63) is 23.3 Å². The first kappa shape index (κ1) is 17.8. The van der Waals surface area contributed by atoms with Crippen LogP contribution in [-0.2, 0) is 9.47 Å². The molecule has 0 bridgehead atoms. The Labute approximate surface area is 129 Å². The van der Waals surface area contributed by atoms with E-state index in [9.17, 15) is 19.8 Å². The molecule has 22 heavy (non-hydrogen) atoms. The molecule has 0 radical (unpaired) electrons. The minimum absolute atomic E-state index is 0.214. The third-order valence-electron chi connectivity index (χ3n) is 2.38. The van der Waals surface area contributed by atoms with E-state index in [0.717, 1.165) is 6.07 Å². The van der Waals surface area contributed by atoms with Crippen LogP contribution in [0.1, 0.15) is 62.3 Å². The van der Waals surface area contributed by atoms with Crippen molar-refractivity contribution < 1.29 is 29.3 Å². The lowest BCUT2D eigenvalue weighted by atomic mass is 10.1. The molecule has 0 aliphatic heterocycles. The van der Waals surface area contributed by atoms with E-state index in [1.165, 1.54) is 6.07 Å². The van der Waals surface area contributed by atoms with Gasteiger partial charge in [0.05, 0.1) is 0 Å². The monoisotopic (exact) mass is 310 g/mol. The highest BCUT2D eigenvalue weighted by atomic mass is 16.6. The molecule has 6 nitrogen and oxygen atoms in total. The number of hydrogen-bond acceptors (Lipinski definition) is 6. The Morgan fingerprint density at radius 1 is 0.864 bits per heavy atom. The molecular formula is C16H22O6. The lowest BCUT2D eigenvalue weighted by Gasteiger charge is -2.22. The Bertz CT molecular complexity index is 590. The molecule has 0 aromatic heterocycles. The Balaban J connectivity index is 3.24. The molecule has 0 aliphatic rings. The quantitative estimate of drug-likeness (QED) is 0.816. The minimum atomic E-state index is -0.923. The number of phenols is 2. The highest BCUT2D eigenvalue weighted by Crippen LogP contribution is 2.33. The smallest absolute Gasteiger partial charge is 0.346 e. The van der Waals surface area contributed by atoms with Crippen LogP contribution < -0.4 is 0 Å². The van der Waals surface area contributed by atoms with Gasteiger partial charge in [-0.25, -0.2) is 9.59 Å². The fourth-order valence-electron chi connectivity index (χ4n) is 1.61. The molecule has 6 heteroatoms. The normalized spacial score (nSPS) is 11.9. The van der Waals surface area contributed by atoms with E-state index in [4.69, 9.17) is 9.47 Å². The maximum atomic E-state index is 12.1. The number of rotatable bonds is 2. The third kappa shape index (κ3) is 4.65. The molecule has 0 fully saturated rings. The summed E-state index contributed by atoms with van der Waals surface area (Å²) in [4.78, 5) is 24.1. The summed E-state index contributed by atoms with van der Waals surface area (Å²) < 4.78 is 10.3.